The van der Waals surface area contributed by atoms with E-state index in [1.165, 1.54) is 5.56 Å². The fraction of sp³-hybridized carbons (Fsp3) is 0.533. The fourth-order valence-corrected chi connectivity index (χ4v) is 2.50. The third kappa shape index (κ3) is 2.65. The SMILES string of the molecule is CC(C)c1ccc(C2(C(N)CC(=O)O)COC2)cc1. The molecule has 1 aliphatic heterocycles. The molecule has 1 aromatic rings. The Balaban J connectivity index is 2.23. The number of rotatable bonds is 5. The van der Waals surface area contributed by atoms with Gasteiger partial charge in [-0.15, -0.1) is 0 Å². The van der Waals surface area contributed by atoms with Crippen molar-refractivity contribution in [2.75, 3.05) is 13.2 Å². The Morgan fingerprint density at radius 1 is 1.37 bits per heavy atom. The van der Waals surface area contributed by atoms with Gasteiger partial charge in [-0.25, -0.2) is 0 Å². The number of benzene rings is 1. The van der Waals surface area contributed by atoms with Gasteiger partial charge in [-0.05, 0) is 17.0 Å². The van der Waals surface area contributed by atoms with Crippen LogP contribution in [0.3, 0.4) is 0 Å². The number of nitrogens with two attached hydrogens (primary N) is 1. The summed E-state index contributed by atoms with van der Waals surface area (Å²) in [5.41, 5.74) is 8.09. The molecule has 0 radical (unpaired) electrons. The summed E-state index contributed by atoms with van der Waals surface area (Å²) in [4.78, 5) is 10.9. The molecule has 1 heterocycles. The van der Waals surface area contributed by atoms with Crippen molar-refractivity contribution in [3.63, 3.8) is 0 Å². The maximum atomic E-state index is 10.9. The van der Waals surface area contributed by atoms with Gasteiger partial charge in [0.15, 0.2) is 0 Å². The van der Waals surface area contributed by atoms with E-state index in [0.29, 0.717) is 19.1 Å². The van der Waals surface area contributed by atoms with Gasteiger partial charge in [-0.3, -0.25) is 4.79 Å². The number of ether oxygens (including phenoxy) is 1. The van der Waals surface area contributed by atoms with Gasteiger partial charge >= 0.3 is 5.97 Å². The van der Waals surface area contributed by atoms with Crippen LogP contribution in [0.2, 0.25) is 0 Å². The summed E-state index contributed by atoms with van der Waals surface area (Å²) in [5.74, 6) is -0.382. The van der Waals surface area contributed by atoms with E-state index in [0.717, 1.165) is 5.56 Å². The minimum Gasteiger partial charge on any atom is -0.481 e. The summed E-state index contributed by atoms with van der Waals surface area (Å²) < 4.78 is 5.30. The van der Waals surface area contributed by atoms with Crippen molar-refractivity contribution in [2.24, 2.45) is 5.73 Å². The molecule has 0 amide bonds. The van der Waals surface area contributed by atoms with E-state index in [1.807, 2.05) is 0 Å². The fourth-order valence-electron chi connectivity index (χ4n) is 2.50. The molecule has 1 aliphatic rings. The molecule has 0 saturated carbocycles. The lowest BCUT2D eigenvalue weighted by Gasteiger charge is -2.46. The van der Waals surface area contributed by atoms with Crippen molar-refractivity contribution in [2.45, 2.75) is 37.6 Å². The van der Waals surface area contributed by atoms with Gasteiger partial charge < -0.3 is 15.6 Å². The molecule has 0 aliphatic carbocycles. The van der Waals surface area contributed by atoms with Gasteiger partial charge in [0.25, 0.3) is 0 Å². The number of hydrogen-bond donors (Lipinski definition) is 2. The molecular formula is C15H21NO3. The molecule has 0 aromatic heterocycles. The number of carbonyl (C=O) groups is 1. The molecule has 19 heavy (non-hydrogen) atoms. The third-order valence-corrected chi connectivity index (χ3v) is 3.98. The average Bonchev–Trinajstić information content (AvgIpc) is 2.27. The highest BCUT2D eigenvalue weighted by atomic mass is 16.5. The van der Waals surface area contributed by atoms with Crippen LogP contribution in [0.5, 0.6) is 0 Å². The zero-order chi connectivity index (χ0) is 14.0. The summed E-state index contributed by atoms with van der Waals surface area (Å²) in [6.07, 6.45) is -0.0324. The molecule has 0 spiro atoms. The first-order chi connectivity index (χ1) is 8.95. The first-order valence-corrected chi connectivity index (χ1v) is 6.61. The van der Waals surface area contributed by atoms with Gasteiger partial charge in [0, 0.05) is 6.04 Å². The second-order valence-electron chi connectivity index (χ2n) is 5.63. The molecule has 1 fully saturated rings. The zero-order valence-corrected chi connectivity index (χ0v) is 11.4. The van der Waals surface area contributed by atoms with Gasteiger partial charge in [-0.1, -0.05) is 38.1 Å². The van der Waals surface area contributed by atoms with Crippen LogP contribution in [0.1, 0.15) is 37.3 Å². The second kappa shape index (κ2) is 5.31. The predicted octanol–water partition coefficient (Wildman–Crippen LogP) is 1.88. The van der Waals surface area contributed by atoms with Gasteiger partial charge in [-0.2, -0.15) is 0 Å². The summed E-state index contributed by atoms with van der Waals surface area (Å²) in [5, 5.41) is 8.91. The van der Waals surface area contributed by atoms with Crippen LogP contribution in [0.15, 0.2) is 24.3 Å². The van der Waals surface area contributed by atoms with Gasteiger partial charge in [0.05, 0.1) is 25.0 Å². The number of aliphatic carboxylic acids is 1. The normalized spacial score (nSPS) is 18.9. The van der Waals surface area contributed by atoms with Crippen LogP contribution in [-0.2, 0) is 14.9 Å². The van der Waals surface area contributed by atoms with E-state index < -0.39 is 12.0 Å². The van der Waals surface area contributed by atoms with Crippen molar-refractivity contribution in [3.05, 3.63) is 35.4 Å². The van der Waals surface area contributed by atoms with E-state index >= 15 is 0 Å². The van der Waals surface area contributed by atoms with Crippen LogP contribution in [-0.4, -0.2) is 30.3 Å². The first-order valence-electron chi connectivity index (χ1n) is 6.61. The molecular weight excluding hydrogens is 242 g/mol. The largest absolute Gasteiger partial charge is 0.481 e. The number of carboxylic acid groups (broad SMARTS) is 1. The molecule has 1 aromatic carbocycles. The van der Waals surface area contributed by atoms with E-state index in [-0.39, 0.29) is 11.8 Å². The molecule has 1 atom stereocenters. The summed E-state index contributed by atoms with van der Waals surface area (Å²) in [7, 11) is 0. The standard InChI is InChI=1S/C15H21NO3/c1-10(2)11-3-5-12(6-4-11)15(8-19-9-15)13(16)7-14(17)18/h3-6,10,13H,7-9,16H2,1-2H3,(H,17,18). The summed E-state index contributed by atoms with van der Waals surface area (Å²) in [6.45, 7) is 5.30. The second-order valence-corrected chi connectivity index (χ2v) is 5.63. The third-order valence-electron chi connectivity index (χ3n) is 3.98. The first kappa shape index (κ1) is 14.0. The molecule has 4 nitrogen and oxygen atoms in total. The van der Waals surface area contributed by atoms with Crippen LogP contribution in [0.4, 0.5) is 0 Å². The quantitative estimate of drug-likeness (QED) is 0.850. The van der Waals surface area contributed by atoms with E-state index in [9.17, 15) is 4.79 Å². The monoisotopic (exact) mass is 263 g/mol. The Morgan fingerprint density at radius 2 is 1.95 bits per heavy atom. The topological polar surface area (TPSA) is 72.6 Å². The highest BCUT2D eigenvalue weighted by Crippen LogP contribution is 2.36. The van der Waals surface area contributed by atoms with Crippen LogP contribution < -0.4 is 5.73 Å². The number of carboxylic acids is 1. The Kier molecular flexibility index (Phi) is 3.92. The van der Waals surface area contributed by atoms with Crippen molar-refractivity contribution >= 4 is 5.97 Å². The number of hydrogen-bond acceptors (Lipinski definition) is 3. The lowest BCUT2D eigenvalue weighted by atomic mass is 9.71. The van der Waals surface area contributed by atoms with E-state index in [4.69, 9.17) is 15.6 Å². The van der Waals surface area contributed by atoms with Gasteiger partial charge in [0.2, 0.25) is 0 Å². The summed E-state index contributed by atoms with van der Waals surface area (Å²) >= 11 is 0. The predicted molar refractivity (Wildman–Crippen MR) is 73.3 cm³/mol. The van der Waals surface area contributed by atoms with Crippen molar-refractivity contribution in [1.29, 1.82) is 0 Å². The Morgan fingerprint density at radius 3 is 2.32 bits per heavy atom. The molecule has 1 saturated heterocycles. The summed E-state index contributed by atoms with van der Waals surface area (Å²) in [6, 6.07) is 7.88. The average molecular weight is 263 g/mol. The lowest BCUT2D eigenvalue weighted by molar-refractivity contribution is -0.140. The molecule has 2 rings (SSSR count). The molecule has 3 N–H and O–H groups in total. The molecule has 4 heteroatoms. The molecule has 1 unspecified atom stereocenters. The maximum Gasteiger partial charge on any atom is 0.304 e. The van der Waals surface area contributed by atoms with Crippen molar-refractivity contribution in [1.82, 2.24) is 0 Å². The van der Waals surface area contributed by atoms with E-state index in [1.54, 1.807) is 0 Å². The van der Waals surface area contributed by atoms with Crippen LogP contribution in [0, 0.1) is 0 Å². The van der Waals surface area contributed by atoms with Crippen LogP contribution in [0.25, 0.3) is 0 Å². The Bertz CT molecular complexity index is 449. The van der Waals surface area contributed by atoms with Crippen molar-refractivity contribution < 1.29 is 14.6 Å². The minimum absolute atomic E-state index is 0.0324. The highest BCUT2D eigenvalue weighted by molar-refractivity contribution is 5.68. The Labute approximate surface area is 113 Å². The maximum absolute atomic E-state index is 10.9. The van der Waals surface area contributed by atoms with Crippen molar-refractivity contribution in [3.8, 4) is 0 Å². The smallest absolute Gasteiger partial charge is 0.304 e. The zero-order valence-electron chi connectivity index (χ0n) is 11.4. The minimum atomic E-state index is -0.863. The molecule has 0 bridgehead atoms. The lowest BCUT2D eigenvalue weighted by Crippen LogP contribution is -2.59. The molecule has 104 valence electrons. The van der Waals surface area contributed by atoms with E-state index in [2.05, 4.69) is 38.1 Å². The van der Waals surface area contributed by atoms with Gasteiger partial charge in [0.1, 0.15) is 0 Å². The Hall–Kier alpha value is -1.39. The highest BCUT2D eigenvalue weighted by Gasteiger charge is 2.46. The van der Waals surface area contributed by atoms with Crippen LogP contribution >= 0.6 is 0 Å².